The van der Waals surface area contributed by atoms with E-state index in [2.05, 4.69) is 77.5 Å². The Balaban J connectivity index is 1.50. The van der Waals surface area contributed by atoms with Crippen LogP contribution < -0.4 is 10.6 Å². The summed E-state index contributed by atoms with van der Waals surface area (Å²) in [5, 5.41) is 8.21. The summed E-state index contributed by atoms with van der Waals surface area (Å²) in [5.74, 6) is 0.919. The largest absolute Gasteiger partial charge is 0.361 e. The molecule has 1 saturated heterocycles. The molecule has 1 unspecified atom stereocenters. The fraction of sp³-hybridized carbons (Fsp3) is 0.609. The van der Waals surface area contributed by atoms with Crippen molar-refractivity contribution >= 4 is 16.9 Å². The zero-order valence-corrected chi connectivity index (χ0v) is 18.6. The number of nitrogens with one attached hydrogen (secondary N) is 3. The van der Waals surface area contributed by atoms with E-state index in [9.17, 15) is 0 Å². The Bertz CT molecular complexity index is 788. The minimum atomic E-state index is 0.473. The van der Waals surface area contributed by atoms with Gasteiger partial charge in [0.25, 0.3) is 0 Å². The van der Waals surface area contributed by atoms with E-state index in [1.54, 1.807) is 0 Å². The average molecular weight is 399 g/mol. The lowest BCUT2D eigenvalue weighted by Crippen LogP contribution is -2.50. The van der Waals surface area contributed by atoms with Crippen LogP contribution in [0.2, 0.25) is 0 Å². The van der Waals surface area contributed by atoms with E-state index in [4.69, 9.17) is 4.99 Å². The first-order chi connectivity index (χ1) is 14.1. The van der Waals surface area contributed by atoms with Crippen molar-refractivity contribution < 1.29 is 0 Å². The number of aryl methyl sites for hydroxylation is 1. The molecule has 0 bridgehead atoms. The molecule has 6 nitrogen and oxygen atoms in total. The normalized spacial score (nSPS) is 17.6. The molecule has 0 amide bonds. The molecule has 0 radical (unpaired) electrons. The first-order valence-corrected chi connectivity index (χ1v) is 11.2. The van der Waals surface area contributed by atoms with Gasteiger partial charge >= 0.3 is 0 Å². The molecule has 1 fully saturated rings. The van der Waals surface area contributed by atoms with Crippen LogP contribution in [-0.4, -0.2) is 79.1 Å². The summed E-state index contributed by atoms with van der Waals surface area (Å²) < 4.78 is 0. The number of hydrogen-bond donors (Lipinski definition) is 3. The molecule has 2 aromatic rings. The fourth-order valence-corrected chi connectivity index (χ4v) is 4.02. The second-order valence-electron chi connectivity index (χ2n) is 8.08. The average Bonchev–Trinajstić information content (AvgIpc) is 3.13. The molecule has 1 aliphatic rings. The van der Waals surface area contributed by atoms with Gasteiger partial charge < -0.3 is 20.5 Å². The molecular weight excluding hydrogens is 360 g/mol. The molecular formula is C23H38N6. The van der Waals surface area contributed by atoms with Gasteiger partial charge in [-0.2, -0.15) is 0 Å². The first-order valence-electron chi connectivity index (χ1n) is 11.2. The van der Waals surface area contributed by atoms with Crippen molar-refractivity contribution in [1.29, 1.82) is 0 Å². The Morgan fingerprint density at radius 1 is 1.17 bits per heavy atom. The van der Waals surface area contributed by atoms with Crippen LogP contribution in [0.4, 0.5) is 0 Å². The highest BCUT2D eigenvalue weighted by molar-refractivity contribution is 5.84. The number of aliphatic imine (C=N–C) groups is 1. The third kappa shape index (κ3) is 5.97. The Kier molecular flexibility index (Phi) is 7.95. The maximum Gasteiger partial charge on any atom is 0.191 e. The number of fused-ring (bicyclic) bond motifs is 1. The Morgan fingerprint density at radius 3 is 2.69 bits per heavy atom. The van der Waals surface area contributed by atoms with Crippen LogP contribution in [0.1, 0.15) is 31.9 Å². The summed E-state index contributed by atoms with van der Waals surface area (Å²) in [7, 11) is 0. The molecule has 0 aliphatic carbocycles. The van der Waals surface area contributed by atoms with Gasteiger partial charge in [0.15, 0.2) is 5.96 Å². The van der Waals surface area contributed by atoms with E-state index in [-0.39, 0.29) is 0 Å². The number of rotatable bonds is 8. The number of likely N-dealkylation sites (N-methyl/N-ethyl adjacent to an activating group) is 1. The molecule has 1 atom stereocenters. The van der Waals surface area contributed by atoms with E-state index >= 15 is 0 Å². The highest BCUT2D eigenvalue weighted by Crippen LogP contribution is 2.19. The van der Waals surface area contributed by atoms with Crippen LogP contribution in [0.5, 0.6) is 0 Å². The molecule has 160 valence electrons. The van der Waals surface area contributed by atoms with Gasteiger partial charge in [0.05, 0.1) is 6.54 Å². The zero-order chi connectivity index (χ0) is 20.6. The number of H-pyrrole nitrogens is 1. The molecule has 6 heteroatoms. The number of piperazine rings is 1. The summed E-state index contributed by atoms with van der Waals surface area (Å²) in [6.45, 7) is 17.2. The molecule has 3 N–H and O–H groups in total. The maximum absolute atomic E-state index is 4.85. The lowest BCUT2D eigenvalue weighted by Gasteiger charge is -2.37. The van der Waals surface area contributed by atoms with Crippen LogP contribution in [0.25, 0.3) is 10.9 Å². The summed E-state index contributed by atoms with van der Waals surface area (Å²) in [6, 6.07) is 7.08. The van der Waals surface area contributed by atoms with Crippen LogP contribution in [-0.2, 0) is 6.42 Å². The van der Waals surface area contributed by atoms with Crippen LogP contribution in [0, 0.1) is 6.92 Å². The minimum absolute atomic E-state index is 0.473. The van der Waals surface area contributed by atoms with E-state index in [1.807, 2.05) is 0 Å². The molecule has 0 saturated carbocycles. The molecule has 1 aromatic heterocycles. The summed E-state index contributed by atoms with van der Waals surface area (Å²) in [4.78, 5) is 13.3. The quantitative estimate of drug-likeness (QED) is 0.473. The van der Waals surface area contributed by atoms with Gasteiger partial charge in [-0.1, -0.05) is 19.1 Å². The number of aromatic amines is 1. The van der Waals surface area contributed by atoms with Crippen molar-refractivity contribution in [3.05, 3.63) is 35.5 Å². The number of aromatic nitrogens is 1. The van der Waals surface area contributed by atoms with Crippen LogP contribution in [0.3, 0.4) is 0 Å². The Morgan fingerprint density at radius 2 is 1.97 bits per heavy atom. The van der Waals surface area contributed by atoms with Gasteiger partial charge in [0.1, 0.15) is 0 Å². The van der Waals surface area contributed by atoms with Gasteiger partial charge in [0.2, 0.25) is 0 Å². The molecule has 1 aromatic carbocycles. The number of guanidine groups is 1. The van der Waals surface area contributed by atoms with Crippen LogP contribution in [0.15, 0.2) is 29.4 Å². The van der Waals surface area contributed by atoms with Crippen molar-refractivity contribution in [3.8, 4) is 0 Å². The predicted molar refractivity (Wildman–Crippen MR) is 124 cm³/mol. The minimum Gasteiger partial charge on any atom is -0.361 e. The Labute approximate surface area is 175 Å². The molecule has 1 aliphatic heterocycles. The van der Waals surface area contributed by atoms with E-state index in [0.29, 0.717) is 6.04 Å². The second-order valence-corrected chi connectivity index (χ2v) is 8.08. The number of benzene rings is 1. The lowest BCUT2D eigenvalue weighted by atomic mass is 10.1. The monoisotopic (exact) mass is 398 g/mol. The smallest absolute Gasteiger partial charge is 0.191 e. The highest BCUT2D eigenvalue weighted by atomic mass is 15.3. The van der Waals surface area contributed by atoms with Gasteiger partial charge in [-0.3, -0.25) is 9.89 Å². The maximum atomic E-state index is 4.85. The molecule has 29 heavy (non-hydrogen) atoms. The number of nitrogens with zero attached hydrogens (tertiary/aromatic N) is 3. The van der Waals surface area contributed by atoms with Gasteiger partial charge in [-0.25, -0.2) is 0 Å². The predicted octanol–water partition coefficient (Wildman–Crippen LogP) is 2.60. The van der Waals surface area contributed by atoms with Crippen molar-refractivity contribution in [3.63, 3.8) is 0 Å². The van der Waals surface area contributed by atoms with E-state index in [0.717, 1.165) is 51.6 Å². The summed E-state index contributed by atoms with van der Waals surface area (Å²) in [5.41, 5.74) is 3.86. The molecule has 2 heterocycles. The Hall–Kier alpha value is -2.05. The lowest BCUT2D eigenvalue weighted by molar-refractivity contribution is 0.109. The topological polar surface area (TPSA) is 58.7 Å². The third-order valence-electron chi connectivity index (χ3n) is 5.94. The van der Waals surface area contributed by atoms with Crippen LogP contribution >= 0.6 is 0 Å². The standard InChI is InChI=1S/C23H38N6/c1-5-24-23(27-16-19(4)29-13-11-28(6-2)12-14-29)25-10-9-20-17-26-22-15-18(3)7-8-21(20)22/h7-8,15,17,19,26H,5-6,9-14,16H2,1-4H3,(H2,24,25,27). The molecule has 0 spiro atoms. The second kappa shape index (κ2) is 10.6. The van der Waals surface area contributed by atoms with Crippen molar-refractivity contribution in [2.24, 2.45) is 4.99 Å². The van der Waals surface area contributed by atoms with Crippen molar-refractivity contribution in [2.45, 2.75) is 40.2 Å². The highest BCUT2D eigenvalue weighted by Gasteiger charge is 2.19. The SMILES string of the molecule is CCNC(=NCC(C)N1CCN(CC)CC1)NCCc1c[nH]c2cc(C)ccc12. The van der Waals surface area contributed by atoms with E-state index in [1.165, 1.54) is 35.1 Å². The zero-order valence-electron chi connectivity index (χ0n) is 18.6. The van der Waals surface area contributed by atoms with Crippen molar-refractivity contribution in [1.82, 2.24) is 25.4 Å². The summed E-state index contributed by atoms with van der Waals surface area (Å²) in [6.07, 6.45) is 3.11. The van der Waals surface area contributed by atoms with E-state index < -0.39 is 0 Å². The fourth-order valence-electron chi connectivity index (χ4n) is 4.02. The molecule has 3 rings (SSSR count). The first kappa shape index (κ1) is 21.7. The van der Waals surface area contributed by atoms with Gasteiger partial charge in [-0.15, -0.1) is 0 Å². The number of hydrogen-bond acceptors (Lipinski definition) is 3. The third-order valence-corrected chi connectivity index (χ3v) is 5.94. The van der Waals surface area contributed by atoms with Gasteiger partial charge in [-0.05, 0) is 50.9 Å². The van der Waals surface area contributed by atoms with Gasteiger partial charge in [0, 0.05) is 62.4 Å². The summed E-state index contributed by atoms with van der Waals surface area (Å²) >= 11 is 0. The van der Waals surface area contributed by atoms with Crippen molar-refractivity contribution in [2.75, 3.05) is 52.4 Å².